The predicted molar refractivity (Wildman–Crippen MR) is 70.6 cm³/mol. The summed E-state index contributed by atoms with van der Waals surface area (Å²) in [4.78, 5) is 0. The third-order valence-corrected chi connectivity index (χ3v) is 4.34. The number of aliphatic hydroxyl groups is 1. The molecule has 0 radical (unpaired) electrons. The highest BCUT2D eigenvalue weighted by molar-refractivity contribution is 5.34. The van der Waals surface area contributed by atoms with Crippen molar-refractivity contribution in [2.24, 2.45) is 5.92 Å². The molecule has 0 bridgehead atoms. The highest BCUT2D eigenvalue weighted by Crippen LogP contribution is 2.37. The van der Waals surface area contributed by atoms with E-state index in [0.29, 0.717) is 12.5 Å². The van der Waals surface area contributed by atoms with Crippen LogP contribution in [0.2, 0.25) is 0 Å². The van der Waals surface area contributed by atoms with E-state index in [0.717, 1.165) is 44.5 Å². The van der Waals surface area contributed by atoms with Crippen molar-refractivity contribution in [2.45, 2.75) is 37.8 Å². The first kappa shape index (κ1) is 12.0. The Hall–Kier alpha value is -1.06. The zero-order chi connectivity index (χ0) is 12.4. The fraction of sp³-hybridized carbons (Fsp3) is 0.600. The van der Waals surface area contributed by atoms with Gasteiger partial charge in [0.1, 0.15) is 11.4 Å². The standard InChI is InChI=1S/C15H21NO2/c17-10-12-5-7-15(8-6-12)11-16-9-13-3-1-2-4-14(13)18-15/h1-4,12,16-17H,5-11H2. The molecular weight excluding hydrogens is 226 g/mol. The van der Waals surface area contributed by atoms with Crippen molar-refractivity contribution in [3.8, 4) is 5.75 Å². The Bertz CT molecular complexity index is 411. The fourth-order valence-electron chi connectivity index (χ4n) is 3.11. The average Bonchev–Trinajstić information content (AvgIpc) is 2.59. The van der Waals surface area contributed by atoms with Crippen LogP contribution in [0.5, 0.6) is 5.75 Å². The molecule has 98 valence electrons. The number of nitrogens with one attached hydrogen (secondary N) is 1. The summed E-state index contributed by atoms with van der Waals surface area (Å²) in [5.41, 5.74) is 1.19. The lowest BCUT2D eigenvalue weighted by atomic mass is 9.79. The van der Waals surface area contributed by atoms with Crippen molar-refractivity contribution in [1.82, 2.24) is 5.32 Å². The minimum Gasteiger partial charge on any atom is -0.486 e. The lowest BCUT2D eigenvalue weighted by molar-refractivity contribution is 0.0111. The summed E-state index contributed by atoms with van der Waals surface area (Å²) in [5.74, 6) is 1.50. The maximum atomic E-state index is 9.23. The molecule has 1 aromatic rings. The molecule has 3 rings (SSSR count). The number of ether oxygens (including phenoxy) is 1. The molecule has 3 heteroatoms. The van der Waals surface area contributed by atoms with Crippen LogP contribution >= 0.6 is 0 Å². The summed E-state index contributed by atoms with van der Waals surface area (Å²) in [6.07, 6.45) is 4.22. The van der Waals surface area contributed by atoms with Gasteiger partial charge in [0.15, 0.2) is 0 Å². The van der Waals surface area contributed by atoms with E-state index in [4.69, 9.17) is 4.74 Å². The summed E-state index contributed by atoms with van der Waals surface area (Å²) in [6.45, 7) is 2.13. The van der Waals surface area contributed by atoms with Gasteiger partial charge in [-0.3, -0.25) is 0 Å². The maximum absolute atomic E-state index is 9.23. The van der Waals surface area contributed by atoms with Gasteiger partial charge < -0.3 is 15.2 Å². The van der Waals surface area contributed by atoms with Crippen molar-refractivity contribution in [3.63, 3.8) is 0 Å². The Morgan fingerprint density at radius 2 is 2.06 bits per heavy atom. The van der Waals surface area contributed by atoms with Gasteiger partial charge in [0.2, 0.25) is 0 Å². The SMILES string of the molecule is OCC1CCC2(CC1)CNCc1ccccc1O2. The second kappa shape index (κ2) is 4.90. The summed E-state index contributed by atoms with van der Waals surface area (Å²) in [6, 6.07) is 8.30. The van der Waals surface area contributed by atoms with E-state index in [-0.39, 0.29) is 5.60 Å². The summed E-state index contributed by atoms with van der Waals surface area (Å²) < 4.78 is 6.33. The largest absolute Gasteiger partial charge is 0.486 e. The van der Waals surface area contributed by atoms with Crippen LogP contribution in [0.3, 0.4) is 0 Å². The molecule has 18 heavy (non-hydrogen) atoms. The van der Waals surface area contributed by atoms with Crippen LogP contribution < -0.4 is 10.1 Å². The van der Waals surface area contributed by atoms with Gasteiger partial charge in [-0.25, -0.2) is 0 Å². The van der Waals surface area contributed by atoms with Crippen molar-refractivity contribution >= 4 is 0 Å². The van der Waals surface area contributed by atoms with Crippen molar-refractivity contribution < 1.29 is 9.84 Å². The average molecular weight is 247 g/mol. The van der Waals surface area contributed by atoms with Crippen molar-refractivity contribution in [3.05, 3.63) is 29.8 Å². The van der Waals surface area contributed by atoms with Crippen molar-refractivity contribution in [2.75, 3.05) is 13.2 Å². The van der Waals surface area contributed by atoms with E-state index in [1.807, 2.05) is 6.07 Å². The number of hydrogen-bond donors (Lipinski definition) is 2. The number of fused-ring (bicyclic) bond motifs is 1. The van der Waals surface area contributed by atoms with E-state index in [1.54, 1.807) is 0 Å². The van der Waals surface area contributed by atoms with E-state index in [1.165, 1.54) is 5.56 Å². The van der Waals surface area contributed by atoms with Crippen LogP contribution in [-0.4, -0.2) is 23.9 Å². The van der Waals surface area contributed by atoms with Crippen LogP contribution in [0.15, 0.2) is 24.3 Å². The third-order valence-electron chi connectivity index (χ3n) is 4.34. The summed E-state index contributed by atoms with van der Waals surface area (Å²) in [5, 5.41) is 12.7. The molecule has 3 nitrogen and oxygen atoms in total. The molecule has 1 aliphatic heterocycles. The van der Waals surface area contributed by atoms with Crippen molar-refractivity contribution in [1.29, 1.82) is 0 Å². The zero-order valence-electron chi connectivity index (χ0n) is 10.7. The van der Waals surface area contributed by atoms with Crippen LogP contribution in [0.25, 0.3) is 0 Å². The molecule has 0 atom stereocenters. The second-order valence-corrected chi connectivity index (χ2v) is 5.62. The first-order valence-electron chi connectivity index (χ1n) is 6.90. The number of benzene rings is 1. The number of rotatable bonds is 1. The van der Waals surface area contributed by atoms with Crippen LogP contribution in [-0.2, 0) is 6.54 Å². The minimum absolute atomic E-state index is 0.0573. The topological polar surface area (TPSA) is 41.5 Å². The predicted octanol–water partition coefficient (Wildman–Crippen LogP) is 2.09. The fourth-order valence-corrected chi connectivity index (χ4v) is 3.11. The van der Waals surface area contributed by atoms with Gasteiger partial charge in [0, 0.05) is 25.3 Å². The lowest BCUT2D eigenvalue weighted by Gasteiger charge is -2.39. The molecule has 0 amide bonds. The molecule has 1 saturated carbocycles. The highest BCUT2D eigenvalue weighted by atomic mass is 16.5. The number of para-hydroxylation sites is 1. The van der Waals surface area contributed by atoms with Crippen LogP contribution in [0, 0.1) is 5.92 Å². The van der Waals surface area contributed by atoms with Crippen LogP contribution in [0.4, 0.5) is 0 Å². The smallest absolute Gasteiger partial charge is 0.124 e. The molecular formula is C15H21NO2. The molecule has 1 heterocycles. The molecule has 2 N–H and O–H groups in total. The van der Waals surface area contributed by atoms with E-state index in [2.05, 4.69) is 23.5 Å². The van der Waals surface area contributed by atoms with Gasteiger partial charge in [-0.2, -0.15) is 0 Å². The maximum Gasteiger partial charge on any atom is 0.124 e. The first-order valence-corrected chi connectivity index (χ1v) is 6.90. The Morgan fingerprint density at radius 3 is 2.83 bits per heavy atom. The number of hydrogen-bond acceptors (Lipinski definition) is 3. The quantitative estimate of drug-likeness (QED) is 0.798. The molecule has 0 unspecified atom stereocenters. The molecule has 1 spiro atoms. The van der Waals surface area contributed by atoms with E-state index < -0.39 is 0 Å². The molecule has 1 fully saturated rings. The van der Waals surface area contributed by atoms with Gasteiger partial charge in [0.25, 0.3) is 0 Å². The van der Waals surface area contributed by atoms with Gasteiger partial charge in [-0.15, -0.1) is 0 Å². The molecule has 1 aromatic carbocycles. The van der Waals surface area contributed by atoms with E-state index in [9.17, 15) is 5.11 Å². The van der Waals surface area contributed by atoms with Gasteiger partial charge in [-0.1, -0.05) is 18.2 Å². The van der Waals surface area contributed by atoms with Crippen LogP contribution in [0.1, 0.15) is 31.2 Å². The molecule has 2 aliphatic rings. The molecule has 0 aromatic heterocycles. The first-order chi connectivity index (χ1) is 8.81. The third kappa shape index (κ3) is 2.25. The molecule has 1 aliphatic carbocycles. The Morgan fingerprint density at radius 1 is 1.28 bits per heavy atom. The second-order valence-electron chi connectivity index (χ2n) is 5.62. The zero-order valence-corrected chi connectivity index (χ0v) is 10.7. The van der Waals surface area contributed by atoms with E-state index >= 15 is 0 Å². The summed E-state index contributed by atoms with van der Waals surface area (Å²) >= 11 is 0. The monoisotopic (exact) mass is 247 g/mol. The lowest BCUT2D eigenvalue weighted by Crippen LogP contribution is -2.47. The minimum atomic E-state index is -0.0573. The molecule has 0 saturated heterocycles. The van der Waals surface area contributed by atoms with Gasteiger partial charge in [-0.05, 0) is 37.7 Å². The Balaban J connectivity index is 1.79. The normalized spacial score (nSPS) is 31.5. The van der Waals surface area contributed by atoms with Gasteiger partial charge in [0.05, 0.1) is 0 Å². The van der Waals surface area contributed by atoms with Gasteiger partial charge >= 0.3 is 0 Å². The Kier molecular flexibility index (Phi) is 3.27. The number of aliphatic hydroxyl groups excluding tert-OH is 1. The Labute approximate surface area is 108 Å². The highest BCUT2D eigenvalue weighted by Gasteiger charge is 2.38. The summed E-state index contributed by atoms with van der Waals surface area (Å²) in [7, 11) is 0.